The summed E-state index contributed by atoms with van der Waals surface area (Å²) >= 11 is 1.26. The SMILES string of the molecule is O=C(NCC(=O)N(c1cccnc1)C(C(=O)NC1CCCCC1)c1ccccc1F)c1cccs1. The van der Waals surface area contributed by atoms with Gasteiger partial charge in [-0.05, 0) is 42.5 Å². The summed E-state index contributed by atoms with van der Waals surface area (Å²) in [4.78, 5) is 45.4. The van der Waals surface area contributed by atoms with Gasteiger partial charge in [0.1, 0.15) is 11.9 Å². The number of amides is 3. The van der Waals surface area contributed by atoms with Crippen LogP contribution in [0.15, 0.2) is 66.3 Å². The predicted octanol–water partition coefficient (Wildman–Crippen LogP) is 4.24. The Labute approximate surface area is 207 Å². The molecule has 2 aromatic heterocycles. The van der Waals surface area contributed by atoms with Crippen molar-refractivity contribution in [2.24, 2.45) is 0 Å². The van der Waals surface area contributed by atoms with Gasteiger partial charge in [0.15, 0.2) is 0 Å². The lowest BCUT2D eigenvalue weighted by atomic mass is 9.94. The van der Waals surface area contributed by atoms with Crippen LogP contribution in [0, 0.1) is 5.82 Å². The van der Waals surface area contributed by atoms with Crippen molar-refractivity contribution in [3.63, 3.8) is 0 Å². The highest BCUT2D eigenvalue weighted by Gasteiger charge is 2.35. The lowest BCUT2D eigenvalue weighted by Crippen LogP contribution is -2.50. The minimum atomic E-state index is -1.27. The number of halogens is 1. The van der Waals surface area contributed by atoms with Gasteiger partial charge in [-0.1, -0.05) is 43.5 Å². The molecule has 0 bridgehead atoms. The fourth-order valence-electron chi connectivity index (χ4n) is 4.29. The molecule has 9 heteroatoms. The molecule has 1 saturated carbocycles. The average Bonchev–Trinajstić information content (AvgIpc) is 3.42. The monoisotopic (exact) mass is 494 g/mol. The summed E-state index contributed by atoms with van der Waals surface area (Å²) in [6.45, 7) is -0.368. The van der Waals surface area contributed by atoms with Gasteiger partial charge in [0.05, 0.1) is 23.3 Å². The third-order valence-electron chi connectivity index (χ3n) is 6.00. The zero-order valence-corrected chi connectivity index (χ0v) is 20.0. The molecule has 1 aliphatic carbocycles. The van der Waals surface area contributed by atoms with Crippen molar-refractivity contribution in [2.75, 3.05) is 11.4 Å². The van der Waals surface area contributed by atoms with Crippen molar-refractivity contribution < 1.29 is 18.8 Å². The first-order valence-electron chi connectivity index (χ1n) is 11.6. The van der Waals surface area contributed by atoms with Crippen LogP contribution in [0.1, 0.15) is 53.4 Å². The van der Waals surface area contributed by atoms with Crippen LogP contribution in [0.3, 0.4) is 0 Å². The normalized spacial score (nSPS) is 14.7. The van der Waals surface area contributed by atoms with Gasteiger partial charge >= 0.3 is 0 Å². The number of pyridine rings is 1. The third kappa shape index (κ3) is 6.10. The highest BCUT2D eigenvalue weighted by molar-refractivity contribution is 7.12. The molecule has 1 aromatic carbocycles. The molecule has 4 rings (SSSR count). The quantitative estimate of drug-likeness (QED) is 0.490. The fraction of sp³-hybridized carbons (Fsp3) is 0.308. The molecule has 1 unspecified atom stereocenters. The standard InChI is InChI=1S/C26H27FN4O3S/c27-21-12-5-4-11-20(21)24(26(34)30-18-8-2-1-3-9-18)31(19-10-6-14-28-16-19)23(32)17-29-25(33)22-13-7-15-35-22/h4-7,10-16,18,24H,1-3,8-9,17H2,(H,29,33)(H,30,34). The first kappa shape index (κ1) is 24.5. The molecule has 3 amide bonds. The van der Waals surface area contributed by atoms with E-state index >= 15 is 4.39 Å². The number of hydrogen-bond donors (Lipinski definition) is 2. The van der Waals surface area contributed by atoms with E-state index in [-0.39, 0.29) is 18.2 Å². The van der Waals surface area contributed by atoms with Gasteiger partial charge in [-0.15, -0.1) is 11.3 Å². The Morgan fingerprint density at radius 3 is 2.54 bits per heavy atom. The fourth-order valence-corrected chi connectivity index (χ4v) is 4.93. The molecule has 0 saturated heterocycles. The Hall–Kier alpha value is -3.59. The van der Waals surface area contributed by atoms with E-state index in [0.29, 0.717) is 10.6 Å². The Bertz CT molecular complexity index is 1150. The van der Waals surface area contributed by atoms with E-state index in [4.69, 9.17) is 0 Å². The number of benzene rings is 1. The smallest absolute Gasteiger partial charge is 0.261 e. The predicted molar refractivity (Wildman–Crippen MR) is 133 cm³/mol. The molecule has 7 nitrogen and oxygen atoms in total. The van der Waals surface area contributed by atoms with E-state index in [1.54, 1.807) is 41.9 Å². The maximum atomic E-state index is 15.0. The summed E-state index contributed by atoms with van der Waals surface area (Å²) in [5.41, 5.74) is 0.400. The van der Waals surface area contributed by atoms with Crippen molar-refractivity contribution in [3.8, 4) is 0 Å². The highest BCUT2D eigenvalue weighted by atomic mass is 32.1. The Kier molecular flexibility index (Phi) is 8.20. The molecule has 2 N–H and O–H groups in total. The topological polar surface area (TPSA) is 91.4 Å². The number of carbonyl (C=O) groups excluding carboxylic acids is 3. The summed E-state index contributed by atoms with van der Waals surface area (Å²) in [7, 11) is 0. The lowest BCUT2D eigenvalue weighted by Gasteiger charge is -2.33. The van der Waals surface area contributed by atoms with Crippen molar-refractivity contribution in [3.05, 3.63) is 82.6 Å². The summed E-state index contributed by atoms with van der Waals surface area (Å²) < 4.78 is 15.0. The number of nitrogens with zero attached hydrogens (tertiary/aromatic N) is 2. The first-order chi connectivity index (χ1) is 17.0. The van der Waals surface area contributed by atoms with Crippen LogP contribution in [0.25, 0.3) is 0 Å². The van der Waals surface area contributed by atoms with E-state index in [2.05, 4.69) is 15.6 Å². The second kappa shape index (κ2) is 11.7. The largest absolute Gasteiger partial charge is 0.351 e. The van der Waals surface area contributed by atoms with Crippen LogP contribution in [0.4, 0.5) is 10.1 Å². The molecule has 182 valence electrons. The van der Waals surface area contributed by atoms with E-state index in [0.717, 1.165) is 32.1 Å². The van der Waals surface area contributed by atoms with Crippen LogP contribution in [0.2, 0.25) is 0 Å². The minimum absolute atomic E-state index is 0.0325. The van der Waals surface area contributed by atoms with Crippen molar-refractivity contribution in [2.45, 2.75) is 44.2 Å². The van der Waals surface area contributed by atoms with Crippen molar-refractivity contribution >= 4 is 34.7 Å². The third-order valence-corrected chi connectivity index (χ3v) is 6.86. The van der Waals surface area contributed by atoms with E-state index in [1.807, 2.05) is 0 Å². The van der Waals surface area contributed by atoms with Gasteiger partial charge < -0.3 is 10.6 Å². The number of aromatic nitrogens is 1. The molecule has 0 radical (unpaired) electrons. The summed E-state index contributed by atoms with van der Waals surface area (Å²) in [5.74, 6) is -2.02. The number of hydrogen-bond acceptors (Lipinski definition) is 5. The van der Waals surface area contributed by atoms with Gasteiger partial charge in [-0.25, -0.2) is 4.39 Å². The lowest BCUT2D eigenvalue weighted by molar-refractivity contribution is -0.127. The second-order valence-electron chi connectivity index (χ2n) is 8.40. The van der Waals surface area contributed by atoms with Gasteiger partial charge in [0, 0.05) is 17.8 Å². The number of carbonyl (C=O) groups is 3. The molecule has 2 heterocycles. The Morgan fingerprint density at radius 2 is 1.86 bits per heavy atom. The average molecular weight is 495 g/mol. The van der Waals surface area contributed by atoms with Crippen LogP contribution in [-0.2, 0) is 9.59 Å². The van der Waals surface area contributed by atoms with Crippen LogP contribution >= 0.6 is 11.3 Å². The van der Waals surface area contributed by atoms with Crippen LogP contribution in [-0.4, -0.2) is 35.3 Å². The van der Waals surface area contributed by atoms with Crippen LogP contribution < -0.4 is 15.5 Å². The first-order valence-corrected chi connectivity index (χ1v) is 12.5. The van der Waals surface area contributed by atoms with Crippen molar-refractivity contribution in [1.82, 2.24) is 15.6 Å². The maximum Gasteiger partial charge on any atom is 0.261 e. The number of anilines is 1. The van der Waals surface area contributed by atoms with Crippen molar-refractivity contribution in [1.29, 1.82) is 0 Å². The highest BCUT2D eigenvalue weighted by Crippen LogP contribution is 2.30. The molecule has 3 aromatic rings. The molecule has 1 atom stereocenters. The Balaban J connectivity index is 1.66. The van der Waals surface area contributed by atoms with E-state index < -0.39 is 29.6 Å². The van der Waals surface area contributed by atoms with Gasteiger partial charge in [-0.3, -0.25) is 24.3 Å². The zero-order chi connectivity index (χ0) is 24.6. The number of nitrogens with one attached hydrogen (secondary N) is 2. The van der Waals surface area contributed by atoms with Crippen LogP contribution in [0.5, 0.6) is 0 Å². The van der Waals surface area contributed by atoms with Gasteiger partial charge in [0.25, 0.3) is 5.91 Å². The second-order valence-corrected chi connectivity index (χ2v) is 9.35. The molecular weight excluding hydrogens is 467 g/mol. The maximum absolute atomic E-state index is 15.0. The van der Waals surface area contributed by atoms with E-state index in [1.165, 1.54) is 40.6 Å². The molecule has 0 aliphatic heterocycles. The number of thiophene rings is 1. The Morgan fingerprint density at radius 1 is 1.06 bits per heavy atom. The molecular formula is C26H27FN4O3S. The number of rotatable bonds is 8. The van der Waals surface area contributed by atoms with Gasteiger partial charge in [-0.2, -0.15) is 0 Å². The van der Waals surface area contributed by atoms with E-state index in [9.17, 15) is 14.4 Å². The summed E-state index contributed by atoms with van der Waals surface area (Å²) in [6, 6.07) is 11.3. The molecule has 35 heavy (non-hydrogen) atoms. The van der Waals surface area contributed by atoms with Gasteiger partial charge in [0.2, 0.25) is 11.8 Å². The minimum Gasteiger partial charge on any atom is -0.351 e. The molecule has 0 spiro atoms. The summed E-state index contributed by atoms with van der Waals surface area (Å²) in [5, 5.41) is 7.41. The molecule has 1 aliphatic rings. The zero-order valence-electron chi connectivity index (χ0n) is 19.2. The summed E-state index contributed by atoms with van der Waals surface area (Å²) in [6.07, 6.45) is 7.81. The molecule has 1 fully saturated rings.